The third kappa shape index (κ3) is 4.14. The number of thiazole rings is 1. The second-order valence-corrected chi connectivity index (χ2v) is 8.64. The van der Waals surface area contributed by atoms with Crippen molar-refractivity contribution in [2.24, 2.45) is 0 Å². The monoisotopic (exact) mass is 464 g/mol. The summed E-state index contributed by atoms with van der Waals surface area (Å²) in [7, 11) is 3.09. The van der Waals surface area contributed by atoms with E-state index in [1.807, 2.05) is 45.0 Å². The van der Waals surface area contributed by atoms with Crippen LogP contribution in [0.4, 0.5) is 11.5 Å². The lowest BCUT2D eigenvalue weighted by molar-refractivity contribution is 0.0697. The molecule has 33 heavy (non-hydrogen) atoms. The van der Waals surface area contributed by atoms with Crippen LogP contribution in [-0.4, -0.2) is 40.1 Å². The highest BCUT2D eigenvalue weighted by atomic mass is 32.1. The summed E-state index contributed by atoms with van der Waals surface area (Å²) in [5.41, 5.74) is 3.93. The highest BCUT2D eigenvalue weighted by molar-refractivity contribution is 7.15. The molecule has 0 radical (unpaired) electrons. The molecule has 0 unspecified atom stereocenters. The zero-order valence-corrected chi connectivity index (χ0v) is 19.8. The number of para-hydroxylation sites is 1. The molecule has 2 aromatic heterocycles. The van der Waals surface area contributed by atoms with Crippen molar-refractivity contribution in [3.8, 4) is 27.9 Å². The summed E-state index contributed by atoms with van der Waals surface area (Å²) >= 11 is 1.49. The summed E-state index contributed by atoms with van der Waals surface area (Å²) in [4.78, 5) is 17.6. The number of carbonyl (C=O) groups is 1. The van der Waals surface area contributed by atoms with Crippen molar-refractivity contribution >= 4 is 28.8 Å². The van der Waals surface area contributed by atoms with Gasteiger partial charge < -0.3 is 19.9 Å². The van der Waals surface area contributed by atoms with Gasteiger partial charge in [-0.1, -0.05) is 18.2 Å². The summed E-state index contributed by atoms with van der Waals surface area (Å²) in [5.74, 6) is 0.566. The van der Waals surface area contributed by atoms with Crippen LogP contribution in [0.25, 0.3) is 16.3 Å². The first-order valence-electron chi connectivity index (χ1n) is 10.2. The number of aryl methyl sites for hydroxylation is 3. The van der Waals surface area contributed by atoms with Gasteiger partial charge in [-0.25, -0.2) is 14.5 Å². The van der Waals surface area contributed by atoms with Crippen LogP contribution >= 0.6 is 11.3 Å². The Morgan fingerprint density at radius 2 is 1.85 bits per heavy atom. The summed E-state index contributed by atoms with van der Waals surface area (Å²) in [6, 6.07) is 12.8. The fourth-order valence-corrected chi connectivity index (χ4v) is 4.60. The van der Waals surface area contributed by atoms with Gasteiger partial charge in [0.05, 0.1) is 47.3 Å². The van der Waals surface area contributed by atoms with E-state index in [2.05, 4.69) is 10.3 Å². The Labute approximate surface area is 195 Å². The zero-order chi connectivity index (χ0) is 23.7. The van der Waals surface area contributed by atoms with Crippen LogP contribution in [-0.2, 0) is 0 Å². The van der Waals surface area contributed by atoms with Gasteiger partial charge in [0.25, 0.3) is 0 Å². The summed E-state index contributed by atoms with van der Waals surface area (Å²) in [6.45, 7) is 5.85. The van der Waals surface area contributed by atoms with E-state index in [0.29, 0.717) is 23.1 Å². The molecule has 4 rings (SSSR count). The number of nitrogens with one attached hydrogen (secondary N) is 1. The fourth-order valence-electron chi connectivity index (χ4n) is 3.62. The maximum Gasteiger partial charge on any atom is 0.337 e. The molecule has 170 valence electrons. The number of hydrogen-bond acceptors (Lipinski definition) is 7. The number of rotatable bonds is 7. The van der Waals surface area contributed by atoms with Crippen molar-refractivity contribution in [3.63, 3.8) is 0 Å². The van der Waals surface area contributed by atoms with Gasteiger partial charge in [-0.15, -0.1) is 11.3 Å². The van der Waals surface area contributed by atoms with Gasteiger partial charge in [0.15, 0.2) is 0 Å². The van der Waals surface area contributed by atoms with E-state index >= 15 is 0 Å². The van der Waals surface area contributed by atoms with Gasteiger partial charge in [0.2, 0.25) is 5.88 Å². The lowest BCUT2D eigenvalue weighted by Crippen LogP contribution is -2.08. The van der Waals surface area contributed by atoms with E-state index < -0.39 is 5.97 Å². The largest absolute Gasteiger partial charge is 0.497 e. The Hall–Kier alpha value is -3.85. The molecule has 0 aliphatic heterocycles. The molecule has 2 N–H and O–H groups in total. The lowest BCUT2D eigenvalue weighted by atomic mass is 10.1. The molecule has 0 saturated carbocycles. The quantitative estimate of drug-likeness (QED) is 0.379. The average Bonchev–Trinajstić information content (AvgIpc) is 3.32. The number of anilines is 2. The molecule has 0 spiro atoms. The van der Waals surface area contributed by atoms with E-state index in [0.717, 1.165) is 32.4 Å². The molecule has 8 nitrogen and oxygen atoms in total. The molecule has 0 amide bonds. The van der Waals surface area contributed by atoms with Crippen LogP contribution in [0.5, 0.6) is 11.6 Å². The number of aromatic nitrogens is 3. The van der Waals surface area contributed by atoms with Gasteiger partial charge in [-0.05, 0) is 50.6 Å². The Morgan fingerprint density at radius 1 is 1.09 bits per heavy atom. The second-order valence-electron chi connectivity index (χ2n) is 7.43. The van der Waals surface area contributed by atoms with Crippen molar-refractivity contribution in [1.29, 1.82) is 0 Å². The first-order chi connectivity index (χ1) is 15.8. The van der Waals surface area contributed by atoms with Crippen LogP contribution in [0, 0.1) is 20.8 Å². The molecule has 0 aliphatic carbocycles. The molecular formula is C24H24N4O4S. The SMILES string of the molecule is COc1ccc(Nc2c(-c3nc(OC)c(C)s3)c(C)nn2-c2ccccc2C)c(C(=O)O)c1. The van der Waals surface area contributed by atoms with E-state index in [-0.39, 0.29) is 5.56 Å². The molecule has 0 fully saturated rings. The van der Waals surface area contributed by atoms with Crippen LogP contribution in [0.1, 0.15) is 26.5 Å². The first kappa shape index (κ1) is 22.3. The second kappa shape index (κ2) is 8.95. The number of nitrogens with zero attached hydrogens (tertiary/aromatic N) is 3. The van der Waals surface area contributed by atoms with Gasteiger partial charge in [0.1, 0.15) is 16.6 Å². The minimum Gasteiger partial charge on any atom is -0.497 e. The summed E-state index contributed by atoms with van der Waals surface area (Å²) < 4.78 is 12.4. The van der Waals surface area contributed by atoms with E-state index in [4.69, 9.17) is 14.6 Å². The number of carboxylic acids is 1. The molecule has 4 aromatic rings. The maximum absolute atomic E-state index is 12.0. The Bertz CT molecular complexity index is 1340. The number of aromatic carboxylic acids is 1. The van der Waals surface area contributed by atoms with Crippen molar-refractivity contribution < 1.29 is 19.4 Å². The number of hydrogen-bond donors (Lipinski definition) is 2. The average molecular weight is 465 g/mol. The molecule has 2 aromatic carbocycles. The van der Waals surface area contributed by atoms with E-state index in [1.54, 1.807) is 23.9 Å². The molecule has 0 atom stereocenters. The summed E-state index contributed by atoms with van der Waals surface area (Å²) in [6.07, 6.45) is 0. The topological polar surface area (TPSA) is 98.5 Å². The fraction of sp³-hybridized carbons (Fsp3) is 0.208. The molecule has 9 heteroatoms. The highest BCUT2D eigenvalue weighted by Gasteiger charge is 2.24. The highest BCUT2D eigenvalue weighted by Crippen LogP contribution is 2.41. The number of benzene rings is 2. The minimum atomic E-state index is -1.07. The zero-order valence-electron chi connectivity index (χ0n) is 19.0. The summed E-state index contributed by atoms with van der Waals surface area (Å²) in [5, 5.41) is 18.7. The van der Waals surface area contributed by atoms with Gasteiger partial charge in [-0.2, -0.15) is 5.10 Å². The first-order valence-corrected chi connectivity index (χ1v) is 11.0. The Kier molecular flexibility index (Phi) is 6.06. The molecule has 0 bridgehead atoms. The van der Waals surface area contributed by atoms with E-state index in [9.17, 15) is 9.90 Å². The maximum atomic E-state index is 12.0. The van der Waals surface area contributed by atoms with E-state index in [1.165, 1.54) is 24.5 Å². The number of carboxylic acid groups (broad SMARTS) is 1. The minimum absolute atomic E-state index is 0.0865. The number of ether oxygens (including phenoxy) is 2. The smallest absolute Gasteiger partial charge is 0.337 e. The van der Waals surface area contributed by atoms with Gasteiger partial charge in [0, 0.05) is 0 Å². The van der Waals surface area contributed by atoms with Crippen molar-refractivity contribution in [3.05, 3.63) is 64.2 Å². The molecule has 0 saturated heterocycles. The van der Waals surface area contributed by atoms with Crippen molar-refractivity contribution in [1.82, 2.24) is 14.8 Å². The Balaban J connectivity index is 1.95. The lowest BCUT2D eigenvalue weighted by Gasteiger charge is -2.15. The predicted molar refractivity (Wildman–Crippen MR) is 129 cm³/mol. The molecular weight excluding hydrogens is 440 g/mol. The van der Waals surface area contributed by atoms with Crippen LogP contribution in [0.15, 0.2) is 42.5 Å². The van der Waals surface area contributed by atoms with Crippen LogP contribution in [0.3, 0.4) is 0 Å². The van der Waals surface area contributed by atoms with Crippen molar-refractivity contribution in [2.75, 3.05) is 19.5 Å². The van der Waals surface area contributed by atoms with Gasteiger partial charge >= 0.3 is 5.97 Å². The third-order valence-electron chi connectivity index (χ3n) is 5.28. The Morgan fingerprint density at radius 3 is 2.48 bits per heavy atom. The third-order valence-corrected chi connectivity index (χ3v) is 6.25. The normalized spacial score (nSPS) is 10.8. The van der Waals surface area contributed by atoms with Crippen LogP contribution in [0.2, 0.25) is 0 Å². The van der Waals surface area contributed by atoms with Crippen molar-refractivity contribution in [2.45, 2.75) is 20.8 Å². The van der Waals surface area contributed by atoms with Crippen LogP contribution < -0.4 is 14.8 Å². The standard InChI is InChI=1S/C24H24N4O4S/c1-13-8-6-7-9-19(13)28-21(25-18-11-10-16(31-4)12-17(18)24(29)30)20(14(2)27-28)23-26-22(32-5)15(3)33-23/h6-12,25H,1-5H3,(H,29,30). The molecule has 2 heterocycles. The predicted octanol–water partition coefficient (Wildman–Crippen LogP) is 5.38. The van der Waals surface area contributed by atoms with Gasteiger partial charge in [-0.3, -0.25) is 0 Å². The molecule has 0 aliphatic rings. The number of methoxy groups -OCH3 is 2.